The van der Waals surface area contributed by atoms with Crippen LogP contribution >= 0.6 is 0 Å². The molecule has 0 N–H and O–H groups in total. The molecule has 0 bridgehead atoms. The molecule has 0 amide bonds. The highest BCUT2D eigenvalue weighted by Crippen LogP contribution is 2.21. The Labute approximate surface area is 159 Å². The molecule has 3 aromatic rings. The van der Waals surface area contributed by atoms with Crippen LogP contribution in [0.25, 0.3) is 17.2 Å². The lowest BCUT2D eigenvalue weighted by Gasteiger charge is -2.09. The normalized spacial score (nSPS) is 11.4. The van der Waals surface area contributed by atoms with Crippen LogP contribution in [0.15, 0.2) is 36.4 Å². The van der Waals surface area contributed by atoms with Gasteiger partial charge < -0.3 is 9.30 Å². The molecule has 0 unspecified atom stereocenters. The van der Waals surface area contributed by atoms with E-state index in [4.69, 9.17) is 9.97 Å². The minimum atomic E-state index is -0.356. The maximum atomic E-state index is 11.2. The van der Waals surface area contributed by atoms with E-state index in [2.05, 4.69) is 41.4 Å². The molecule has 140 valence electrons. The third-order valence-corrected chi connectivity index (χ3v) is 4.51. The molecule has 0 fully saturated rings. The first-order chi connectivity index (χ1) is 13.0. The summed E-state index contributed by atoms with van der Waals surface area (Å²) in [5.41, 5.74) is 6.23. The van der Waals surface area contributed by atoms with Gasteiger partial charge in [0.15, 0.2) is 5.65 Å². The van der Waals surface area contributed by atoms with Gasteiger partial charge in [-0.1, -0.05) is 31.2 Å². The molecule has 0 aliphatic rings. The second-order valence-corrected chi connectivity index (χ2v) is 6.71. The van der Waals surface area contributed by atoms with E-state index in [1.165, 1.54) is 18.7 Å². The fourth-order valence-electron chi connectivity index (χ4n) is 3.18. The molecule has 5 nitrogen and oxygen atoms in total. The van der Waals surface area contributed by atoms with E-state index in [1.807, 2.05) is 19.1 Å². The highest BCUT2D eigenvalue weighted by Gasteiger charge is 2.14. The van der Waals surface area contributed by atoms with Crippen molar-refractivity contribution < 1.29 is 9.53 Å². The Balaban J connectivity index is 1.92. The molecule has 3 rings (SSSR count). The van der Waals surface area contributed by atoms with Gasteiger partial charge in [0.1, 0.15) is 11.3 Å². The molecule has 2 heterocycles. The molecule has 27 heavy (non-hydrogen) atoms. The lowest BCUT2D eigenvalue weighted by Crippen LogP contribution is -2.06. The first-order valence-corrected chi connectivity index (χ1v) is 9.20. The summed E-state index contributed by atoms with van der Waals surface area (Å²) >= 11 is 0. The lowest BCUT2D eigenvalue weighted by molar-refractivity contribution is -0.134. The van der Waals surface area contributed by atoms with E-state index < -0.39 is 0 Å². The van der Waals surface area contributed by atoms with Crippen LogP contribution in [0.2, 0.25) is 0 Å². The quantitative estimate of drug-likeness (QED) is 0.486. The number of carbonyl (C=O) groups is 1. The van der Waals surface area contributed by atoms with Gasteiger partial charge >= 0.3 is 5.97 Å². The third-order valence-electron chi connectivity index (χ3n) is 4.51. The van der Waals surface area contributed by atoms with Gasteiger partial charge in [-0.15, -0.1) is 0 Å². The minimum absolute atomic E-state index is 0.356. The minimum Gasteiger partial charge on any atom is -0.466 e. The van der Waals surface area contributed by atoms with Crippen LogP contribution in [0.1, 0.15) is 41.6 Å². The van der Waals surface area contributed by atoms with Gasteiger partial charge in [0, 0.05) is 18.2 Å². The number of esters is 1. The van der Waals surface area contributed by atoms with E-state index in [0.29, 0.717) is 0 Å². The predicted molar refractivity (Wildman–Crippen MR) is 108 cm³/mol. The monoisotopic (exact) mass is 363 g/mol. The molecule has 0 atom stereocenters. The van der Waals surface area contributed by atoms with Gasteiger partial charge in [-0.2, -0.15) is 0 Å². The Kier molecular flexibility index (Phi) is 5.69. The van der Waals surface area contributed by atoms with Gasteiger partial charge in [-0.3, -0.25) is 0 Å². The number of aromatic nitrogens is 3. The maximum absolute atomic E-state index is 11.2. The molecule has 5 heteroatoms. The topological polar surface area (TPSA) is 57.0 Å². The molecule has 1 aromatic carbocycles. The summed E-state index contributed by atoms with van der Waals surface area (Å²) in [5.74, 6) is 0.716. The van der Waals surface area contributed by atoms with Crippen LogP contribution in [-0.4, -0.2) is 27.6 Å². The molecular weight excluding hydrogens is 338 g/mol. The molecule has 0 saturated heterocycles. The van der Waals surface area contributed by atoms with Crippen molar-refractivity contribution >= 4 is 23.2 Å². The Hall–Kier alpha value is -2.95. The van der Waals surface area contributed by atoms with Crippen LogP contribution in [0, 0.1) is 13.8 Å². The number of methoxy groups -OCH3 is 1. The van der Waals surface area contributed by atoms with Gasteiger partial charge in [0.05, 0.1) is 13.7 Å². The standard InChI is InChI=1S/C22H25N3O2/c1-5-6-19-24-21-15(2)13-16(3)23-22(21)25(19)14-18-9-7-17(8-10-18)11-12-20(26)27-4/h7-13H,5-6,14H2,1-4H3. The van der Waals surface area contributed by atoms with Crippen LogP contribution in [0.3, 0.4) is 0 Å². The predicted octanol–water partition coefficient (Wildman–Crippen LogP) is 4.24. The number of carbonyl (C=O) groups excluding carboxylic acids is 1. The summed E-state index contributed by atoms with van der Waals surface area (Å²) in [7, 11) is 1.37. The Bertz CT molecular complexity index is 985. The lowest BCUT2D eigenvalue weighted by atomic mass is 10.1. The zero-order chi connectivity index (χ0) is 19.4. The number of benzene rings is 1. The summed E-state index contributed by atoms with van der Waals surface area (Å²) in [4.78, 5) is 20.8. The fraction of sp³-hybridized carbons (Fsp3) is 0.318. The molecule has 0 radical (unpaired) electrons. The van der Waals surface area contributed by atoms with E-state index in [-0.39, 0.29) is 5.97 Å². The second kappa shape index (κ2) is 8.16. The SMILES string of the molecule is CCCc1nc2c(C)cc(C)nc2n1Cc1ccc(C=CC(=O)OC)cc1. The number of aryl methyl sites for hydroxylation is 3. The van der Waals surface area contributed by atoms with E-state index in [0.717, 1.165) is 53.2 Å². The van der Waals surface area contributed by atoms with Gasteiger partial charge in [0.25, 0.3) is 0 Å². The van der Waals surface area contributed by atoms with Crippen LogP contribution in [0.4, 0.5) is 0 Å². The van der Waals surface area contributed by atoms with Crippen molar-refractivity contribution in [2.75, 3.05) is 7.11 Å². The van der Waals surface area contributed by atoms with Crippen molar-refractivity contribution in [1.29, 1.82) is 0 Å². The average molecular weight is 363 g/mol. The van der Waals surface area contributed by atoms with Crippen molar-refractivity contribution in [3.8, 4) is 0 Å². The Morgan fingerprint density at radius 2 is 1.93 bits per heavy atom. The number of hydrogen-bond acceptors (Lipinski definition) is 4. The summed E-state index contributed by atoms with van der Waals surface area (Å²) < 4.78 is 6.84. The molecule has 0 aliphatic carbocycles. The van der Waals surface area contributed by atoms with Crippen molar-refractivity contribution in [2.24, 2.45) is 0 Å². The highest BCUT2D eigenvalue weighted by atomic mass is 16.5. The number of imidazole rings is 1. The molecule has 2 aromatic heterocycles. The number of pyridine rings is 1. The summed E-state index contributed by atoms with van der Waals surface area (Å²) in [6.07, 6.45) is 5.14. The van der Waals surface area contributed by atoms with Crippen LogP contribution in [0.5, 0.6) is 0 Å². The number of hydrogen-bond donors (Lipinski definition) is 0. The van der Waals surface area contributed by atoms with E-state index >= 15 is 0 Å². The van der Waals surface area contributed by atoms with Crippen molar-refractivity contribution in [3.05, 3.63) is 64.6 Å². The summed E-state index contributed by atoms with van der Waals surface area (Å²) in [5, 5.41) is 0. The van der Waals surface area contributed by atoms with Gasteiger partial charge in [-0.05, 0) is 49.1 Å². The highest BCUT2D eigenvalue weighted by molar-refractivity contribution is 5.86. The fourth-order valence-corrected chi connectivity index (χ4v) is 3.18. The number of rotatable bonds is 6. The van der Waals surface area contributed by atoms with Crippen molar-refractivity contribution in [1.82, 2.24) is 14.5 Å². The number of ether oxygens (including phenoxy) is 1. The molecule has 0 spiro atoms. The number of fused-ring (bicyclic) bond motifs is 1. The molecule has 0 saturated carbocycles. The van der Waals surface area contributed by atoms with Gasteiger partial charge in [-0.25, -0.2) is 14.8 Å². The van der Waals surface area contributed by atoms with Crippen LogP contribution < -0.4 is 0 Å². The average Bonchev–Trinajstić information content (AvgIpc) is 2.99. The largest absolute Gasteiger partial charge is 0.466 e. The zero-order valence-corrected chi connectivity index (χ0v) is 16.3. The summed E-state index contributed by atoms with van der Waals surface area (Å²) in [6.45, 7) is 7.00. The Morgan fingerprint density at radius 3 is 2.59 bits per heavy atom. The van der Waals surface area contributed by atoms with Gasteiger partial charge in [0.2, 0.25) is 0 Å². The zero-order valence-electron chi connectivity index (χ0n) is 16.3. The molecular formula is C22H25N3O2. The van der Waals surface area contributed by atoms with E-state index in [1.54, 1.807) is 6.08 Å². The Morgan fingerprint density at radius 1 is 1.19 bits per heavy atom. The van der Waals surface area contributed by atoms with Crippen molar-refractivity contribution in [3.63, 3.8) is 0 Å². The third kappa shape index (κ3) is 4.25. The second-order valence-electron chi connectivity index (χ2n) is 6.71. The number of nitrogens with zero attached hydrogens (tertiary/aromatic N) is 3. The maximum Gasteiger partial charge on any atom is 0.330 e. The van der Waals surface area contributed by atoms with Crippen molar-refractivity contribution in [2.45, 2.75) is 40.2 Å². The first kappa shape index (κ1) is 18.8. The molecule has 0 aliphatic heterocycles. The smallest absolute Gasteiger partial charge is 0.330 e. The summed E-state index contributed by atoms with van der Waals surface area (Å²) in [6, 6.07) is 10.2. The van der Waals surface area contributed by atoms with Crippen LogP contribution in [-0.2, 0) is 22.5 Å². The van der Waals surface area contributed by atoms with E-state index in [9.17, 15) is 4.79 Å². The first-order valence-electron chi connectivity index (χ1n) is 9.20.